The zero-order valence-corrected chi connectivity index (χ0v) is 15.0. The van der Waals surface area contributed by atoms with Crippen LogP contribution in [0, 0.1) is 17.5 Å². The van der Waals surface area contributed by atoms with Crippen molar-refractivity contribution in [3.8, 4) is 11.3 Å². The Morgan fingerprint density at radius 1 is 1.10 bits per heavy atom. The number of rotatable bonds is 4. The van der Waals surface area contributed by atoms with Gasteiger partial charge in [-0.25, -0.2) is 18.0 Å². The highest BCUT2D eigenvalue weighted by Gasteiger charge is 2.27. The average molecular weight is 400 g/mol. The van der Waals surface area contributed by atoms with Crippen LogP contribution in [0.1, 0.15) is 12.0 Å². The molecule has 0 spiro atoms. The molecule has 2 heterocycles. The van der Waals surface area contributed by atoms with Gasteiger partial charge in [0.1, 0.15) is 23.5 Å². The van der Waals surface area contributed by atoms with Crippen LogP contribution in [0.15, 0.2) is 42.5 Å². The van der Waals surface area contributed by atoms with Gasteiger partial charge in [-0.05, 0) is 48.0 Å². The van der Waals surface area contributed by atoms with E-state index in [1.165, 1.54) is 30.3 Å². The van der Waals surface area contributed by atoms with E-state index >= 15 is 0 Å². The van der Waals surface area contributed by atoms with E-state index in [2.05, 4.69) is 10.3 Å². The minimum Gasteiger partial charge on any atom is -0.464 e. The number of amides is 1. The standard InChI is InChI=1S/C21H15F3N2O3/c22-12-3-1-11(2-4-12)19-13(18-14(23)6-7-15(24)20(18)26-19)5-8-17(27)25-16-9-10-29-21(16)28/h1-8,16,26H,9-10H2,(H,25,27)/t16-/m0/s1. The van der Waals surface area contributed by atoms with Crippen LogP contribution >= 0.6 is 0 Å². The predicted molar refractivity (Wildman–Crippen MR) is 100 cm³/mol. The number of ether oxygens (including phenoxy) is 1. The van der Waals surface area contributed by atoms with E-state index in [9.17, 15) is 22.8 Å². The molecular weight excluding hydrogens is 385 g/mol. The molecule has 1 aliphatic heterocycles. The molecule has 148 valence electrons. The van der Waals surface area contributed by atoms with Crippen molar-refractivity contribution in [2.24, 2.45) is 0 Å². The monoisotopic (exact) mass is 400 g/mol. The fourth-order valence-electron chi connectivity index (χ4n) is 3.27. The number of hydrogen-bond donors (Lipinski definition) is 2. The molecular formula is C21H15F3N2O3. The van der Waals surface area contributed by atoms with E-state index in [0.717, 1.165) is 18.2 Å². The molecule has 5 nitrogen and oxygen atoms in total. The van der Waals surface area contributed by atoms with Crippen LogP contribution < -0.4 is 5.32 Å². The maximum atomic E-state index is 14.5. The van der Waals surface area contributed by atoms with Crippen LogP contribution in [0.4, 0.5) is 13.2 Å². The van der Waals surface area contributed by atoms with Crippen molar-refractivity contribution in [2.75, 3.05) is 6.61 Å². The summed E-state index contributed by atoms with van der Waals surface area (Å²) < 4.78 is 46.8. The van der Waals surface area contributed by atoms with Gasteiger partial charge in [0.15, 0.2) is 0 Å². The molecule has 0 bridgehead atoms. The van der Waals surface area contributed by atoms with Gasteiger partial charge < -0.3 is 15.0 Å². The number of benzene rings is 2. The molecule has 0 radical (unpaired) electrons. The summed E-state index contributed by atoms with van der Waals surface area (Å²) in [6.45, 7) is 0.231. The Bertz CT molecular complexity index is 1140. The second kappa shape index (κ2) is 7.46. The third-order valence-corrected chi connectivity index (χ3v) is 4.68. The minimum absolute atomic E-state index is 0.0337. The van der Waals surface area contributed by atoms with Crippen molar-refractivity contribution in [2.45, 2.75) is 12.5 Å². The largest absolute Gasteiger partial charge is 0.464 e. The highest BCUT2D eigenvalue weighted by atomic mass is 19.1. The molecule has 4 rings (SSSR count). The van der Waals surface area contributed by atoms with E-state index in [0.29, 0.717) is 17.7 Å². The maximum Gasteiger partial charge on any atom is 0.328 e. The van der Waals surface area contributed by atoms with Gasteiger partial charge in [-0.3, -0.25) is 4.79 Å². The summed E-state index contributed by atoms with van der Waals surface area (Å²) in [4.78, 5) is 26.5. The number of carbonyl (C=O) groups is 2. The lowest BCUT2D eigenvalue weighted by atomic mass is 10.0. The predicted octanol–water partition coefficient (Wildman–Crippen LogP) is 3.70. The van der Waals surface area contributed by atoms with E-state index < -0.39 is 35.4 Å². The summed E-state index contributed by atoms with van der Waals surface area (Å²) in [5.41, 5.74) is 0.977. The molecule has 1 atom stereocenters. The Morgan fingerprint density at radius 3 is 2.52 bits per heavy atom. The summed E-state index contributed by atoms with van der Waals surface area (Å²) >= 11 is 0. The molecule has 29 heavy (non-hydrogen) atoms. The van der Waals surface area contributed by atoms with Crippen LogP contribution in [-0.2, 0) is 14.3 Å². The Labute approximate surface area is 163 Å². The SMILES string of the molecule is O=C(C=Cc1c(-c2ccc(F)cc2)[nH]c2c(F)ccc(F)c12)N[C@H]1CCOC1=O. The summed E-state index contributed by atoms with van der Waals surface area (Å²) in [7, 11) is 0. The van der Waals surface area contributed by atoms with Crippen molar-refractivity contribution in [1.82, 2.24) is 10.3 Å². The first kappa shape index (κ1) is 18.8. The number of fused-ring (bicyclic) bond motifs is 1. The van der Waals surface area contributed by atoms with Gasteiger partial charge in [0.05, 0.1) is 17.8 Å². The Kier molecular flexibility index (Phi) is 4.84. The third-order valence-electron chi connectivity index (χ3n) is 4.68. The molecule has 1 fully saturated rings. The first-order valence-electron chi connectivity index (χ1n) is 8.85. The van der Waals surface area contributed by atoms with E-state index in [4.69, 9.17) is 4.74 Å². The number of cyclic esters (lactones) is 1. The first-order valence-corrected chi connectivity index (χ1v) is 8.85. The molecule has 1 saturated heterocycles. The second-order valence-corrected chi connectivity index (χ2v) is 6.55. The zero-order valence-electron chi connectivity index (χ0n) is 15.0. The molecule has 2 N–H and O–H groups in total. The van der Waals surface area contributed by atoms with Gasteiger partial charge in [-0.2, -0.15) is 0 Å². The number of esters is 1. The van der Waals surface area contributed by atoms with Crippen molar-refractivity contribution in [3.05, 3.63) is 65.5 Å². The molecule has 3 aromatic rings. The number of nitrogens with one attached hydrogen (secondary N) is 2. The van der Waals surface area contributed by atoms with Crippen LogP contribution in [0.2, 0.25) is 0 Å². The van der Waals surface area contributed by atoms with Gasteiger partial charge in [0, 0.05) is 23.4 Å². The summed E-state index contributed by atoms with van der Waals surface area (Å²) in [6, 6.07) is 6.61. The summed E-state index contributed by atoms with van der Waals surface area (Å²) in [5.74, 6) is -2.89. The number of aromatic nitrogens is 1. The molecule has 1 aliphatic rings. The zero-order chi connectivity index (χ0) is 20.5. The molecule has 1 aromatic heterocycles. The highest BCUT2D eigenvalue weighted by Crippen LogP contribution is 2.34. The van der Waals surface area contributed by atoms with E-state index in [1.807, 2.05) is 0 Å². The Balaban J connectivity index is 1.76. The lowest BCUT2D eigenvalue weighted by molar-refractivity contribution is -0.140. The number of H-pyrrole nitrogens is 1. The van der Waals surface area contributed by atoms with Crippen molar-refractivity contribution >= 4 is 28.9 Å². The molecule has 1 amide bonds. The lowest BCUT2D eigenvalue weighted by Gasteiger charge is -2.06. The quantitative estimate of drug-likeness (QED) is 0.518. The van der Waals surface area contributed by atoms with Gasteiger partial charge >= 0.3 is 5.97 Å². The normalized spacial score (nSPS) is 16.5. The van der Waals surface area contributed by atoms with Crippen molar-refractivity contribution in [3.63, 3.8) is 0 Å². The van der Waals surface area contributed by atoms with E-state index in [-0.39, 0.29) is 23.1 Å². The summed E-state index contributed by atoms with van der Waals surface area (Å²) in [6.07, 6.45) is 2.83. The van der Waals surface area contributed by atoms with Gasteiger partial charge in [-0.1, -0.05) is 0 Å². The number of aromatic amines is 1. The molecule has 0 unspecified atom stereocenters. The molecule has 8 heteroatoms. The van der Waals surface area contributed by atoms with Gasteiger partial charge in [-0.15, -0.1) is 0 Å². The average Bonchev–Trinajstić information content (AvgIpc) is 3.28. The number of hydrogen-bond acceptors (Lipinski definition) is 3. The number of halogens is 3. The Hall–Kier alpha value is -3.55. The minimum atomic E-state index is -0.735. The van der Waals surface area contributed by atoms with Crippen LogP contribution in [0.3, 0.4) is 0 Å². The Morgan fingerprint density at radius 2 is 1.83 bits per heavy atom. The smallest absolute Gasteiger partial charge is 0.328 e. The van der Waals surface area contributed by atoms with Crippen LogP contribution in [0.25, 0.3) is 28.2 Å². The second-order valence-electron chi connectivity index (χ2n) is 6.55. The van der Waals surface area contributed by atoms with Crippen LogP contribution in [0.5, 0.6) is 0 Å². The summed E-state index contributed by atoms with van der Waals surface area (Å²) in [5, 5.41) is 2.47. The van der Waals surface area contributed by atoms with Gasteiger partial charge in [0.25, 0.3) is 0 Å². The number of carbonyl (C=O) groups excluding carboxylic acids is 2. The molecule has 0 saturated carbocycles. The topological polar surface area (TPSA) is 71.2 Å². The van der Waals surface area contributed by atoms with Gasteiger partial charge in [0.2, 0.25) is 5.91 Å². The van der Waals surface area contributed by atoms with Crippen molar-refractivity contribution < 1.29 is 27.5 Å². The lowest BCUT2D eigenvalue weighted by Crippen LogP contribution is -2.36. The van der Waals surface area contributed by atoms with E-state index in [1.54, 1.807) is 0 Å². The fourth-order valence-corrected chi connectivity index (χ4v) is 3.27. The highest BCUT2D eigenvalue weighted by molar-refractivity contribution is 6.02. The fraction of sp³-hybridized carbons (Fsp3) is 0.143. The molecule has 2 aromatic carbocycles. The molecule has 0 aliphatic carbocycles. The van der Waals surface area contributed by atoms with Crippen LogP contribution in [-0.4, -0.2) is 29.5 Å². The maximum absolute atomic E-state index is 14.5. The third kappa shape index (κ3) is 3.61. The first-order chi connectivity index (χ1) is 13.9. The van der Waals surface area contributed by atoms with Crippen molar-refractivity contribution in [1.29, 1.82) is 0 Å².